The van der Waals surface area contributed by atoms with Gasteiger partial charge in [-0.2, -0.15) is 4.31 Å². The first-order chi connectivity index (χ1) is 9.86. The minimum atomic E-state index is -3.03. The van der Waals surface area contributed by atoms with Crippen LogP contribution in [0.3, 0.4) is 0 Å². The van der Waals surface area contributed by atoms with Crippen molar-refractivity contribution in [2.45, 2.75) is 19.3 Å². The normalized spacial score (nSPS) is 19.5. The van der Waals surface area contributed by atoms with Gasteiger partial charge >= 0.3 is 0 Å². The molecule has 1 saturated heterocycles. The zero-order valence-electron chi connectivity index (χ0n) is 12.8. The fourth-order valence-corrected chi connectivity index (χ4v) is 3.48. The van der Waals surface area contributed by atoms with Gasteiger partial charge in [0.2, 0.25) is 10.0 Å². The summed E-state index contributed by atoms with van der Waals surface area (Å²) in [6.07, 6.45) is 2.36. The Morgan fingerprint density at radius 1 is 1.14 bits per heavy atom. The molecule has 1 aliphatic rings. The van der Waals surface area contributed by atoms with Crippen LogP contribution in [0.2, 0.25) is 0 Å². The summed E-state index contributed by atoms with van der Waals surface area (Å²) in [6.45, 7) is 6.08. The highest BCUT2D eigenvalue weighted by Gasteiger charge is 2.23. The summed E-state index contributed by atoms with van der Waals surface area (Å²) in [7, 11) is -3.03. The molecule has 0 spiro atoms. The van der Waals surface area contributed by atoms with Crippen LogP contribution in [0.25, 0.3) is 0 Å². The molecule has 1 fully saturated rings. The third-order valence-corrected chi connectivity index (χ3v) is 5.49. The second-order valence-electron chi connectivity index (χ2n) is 5.86. The molecule has 0 aliphatic carbocycles. The third kappa shape index (κ3) is 4.69. The van der Waals surface area contributed by atoms with Gasteiger partial charge in [-0.25, -0.2) is 8.42 Å². The van der Waals surface area contributed by atoms with Crippen LogP contribution in [0, 0.1) is 0 Å². The largest absolute Gasteiger partial charge is 0.399 e. The summed E-state index contributed by atoms with van der Waals surface area (Å²) < 4.78 is 24.5. The number of anilines is 1. The Balaban J connectivity index is 1.78. The molecule has 0 aromatic heterocycles. The number of benzene rings is 1. The first kappa shape index (κ1) is 16.3. The number of hydrogen-bond donors (Lipinski definition) is 1. The summed E-state index contributed by atoms with van der Waals surface area (Å²) >= 11 is 0. The lowest BCUT2D eigenvalue weighted by Crippen LogP contribution is -2.48. The quantitative estimate of drug-likeness (QED) is 0.833. The first-order valence-corrected chi connectivity index (χ1v) is 9.24. The maximum absolute atomic E-state index is 11.5. The molecule has 5 nitrogen and oxygen atoms in total. The van der Waals surface area contributed by atoms with Crippen molar-refractivity contribution in [2.75, 3.05) is 44.7 Å². The van der Waals surface area contributed by atoms with Gasteiger partial charge in [-0.1, -0.05) is 19.1 Å². The first-order valence-electron chi connectivity index (χ1n) is 7.39. The fourth-order valence-electron chi connectivity index (χ4n) is 2.65. The van der Waals surface area contributed by atoms with Gasteiger partial charge in [0.05, 0.1) is 6.26 Å². The molecule has 0 amide bonds. The molecule has 1 atom stereocenters. The molecule has 1 aromatic carbocycles. The van der Waals surface area contributed by atoms with Gasteiger partial charge in [0.25, 0.3) is 0 Å². The van der Waals surface area contributed by atoms with Crippen LogP contribution >= 0.6 is 0 Å². The van der Waals surface area contributed by atoms with Gasteiger partial charge in [-0.15, -0.1) is 0 Å². The molecule has 6 heteroatoms. The monoisotopic (exact) mass is 311 g/mol. The van der Waals surface area contributed by atoms with Crippen molar-refractivity contribution < 1.29 is 8.42 Å². The zero-order valence-corrected chi connectivity index (χ0v) is 13.6. The molecule has 2 N–H and O–H groups in total. The Kier molecular flexibility index (Phi) is 5.24. The number of nitrogen functional groups attached to an aromatic ring is 1. The van der Waals surface area contributed by atoms with E-state index in [2.05, 4.69) is 24.0 Å². The zero-order chi connectivity index (χ0) is 15.5. The van der Waals surface area contributed by atoms with E-state index in [9.17, 15) is 8.42 Å². The van der Waals surface area contributed by atoms with Crippen molar-refractivity contribution in [1.29, 1.82) is 0 Å². The number of sulfonamides is 1. The molecule has 0 saturated carbocycles. The maximum atomic E-state index is 11.5. The van der Waals surface area contributed by atoms with E-state index in [1.54, 1.807) is 4.31 Å². The highest BCUT2D eigenvalue weighted by molar-refractivity contribution is 7.88. The van der Waals surface area contributed by atoms with Gasteiger partial charge in [0.15, 0.2) is 0 Å². The number of nitrogens with two attached hydrogens (primary N) is 1. The van der Waals surface area contributed by atoms with Crippen molar-refractivity contribution in [2.24, 2.45) is 0 Å². The Morgan fingerprint density at radius 3 is 2.24 bits per heavy atom. The number of piperazine rings is 1. The average Bonchev–Trinajstić information content (AvgIpc) is 2.45. The Morgan fingerprint density at radius 2 is 1.71 bits per heavy atom. The molecule has 1 heterocycles. The Labute approximate surface area is 127 Å². The van der Waals surface area contributed by atoms with Crippen molar-refractivity contribution in [1.82, 2.24) is 9.21 Å². The van der Waals surface area contributed by atoms with E-state index < -0.39 is 10.0 Å². The lowest BCUT2D eigenvalue weighted by Gasteiger charge is -2.33. The van der Waals surface area contributed by atoms with E-state index in [4.69, 9.17) is 5.73 Å². The van der Waals surface area contributed by atoms with E-state index in [-0.39, 0.29) is 0 Å². The van der Waals surface area contributed by atoms with E-state index in [0.29, 0.717) is 19.0 Å². The van der Waals surface area contributed by atoms with Gasteiger partial charge in [0, 0.05) is 31.9 Å². The van der Waals surface area contributed by atoms with Crippen LogP contribution in [0.1, 0.15) is 24.8 Å². The van der Waals surface area contributed by atoms with Gasteiger partial charge in [0.1, 0.15) is 0 Å². The highest BCUT2D eigenvalue weighted by Crippen LogP contribution is 2.20. The molecule has 0 bridgehead atoms. The lowest BCUT2D eigenvalue weighted by atomic mass is 9.97. The summed E-state index contributed by atoms with van der Waals surface area (Å²) in [4.78, 5) is 2.34. The minimum Gasteiger partial charge on any atom is -0.399 e. The lowest BCUT2D eigenvalue weighted by molar-refractivity contribution is 0.184. The van der Waals surface area contributed by atoms with Crippen LogP contribution in [-0.2, 0) is 10.0 Å². The topological polar surface area (TPSA) is 66.6 Å². The van der Waals surface area contributed by atoms with E-state index in [0.717, 1.165) is 31.7 Å². The smallest absolute Gasteiger partial charge is 0.211 e. The molecular weight excluding hydrogens is 286 g/mol. The predicted octanol–water partition coefficient (Wildman–Crippen LogP) is 1.34. The van der Waals surface area contributed by atoms with Gasteiger partial charge < -0.3 is 10.6 Å². The van der Waals surface area contributed by atoms with Gasteiger partial charge in [-0.05, 0) is 36.6 Å². The summed E-state index contributed by atoms with van der Waals surface area (Å²) in [6, 6.07) is 8.05. The highest BCUT2D eigenvalue weighted by atomic mass is 32.2. The summed E-state index contributed by atoms with van der Waals surface area (Å²) in [5, 5.41) is 0. The van der Waals surface area contributed by atoms with E-state index in [1.165, 1.54) is 11.8 Å². The van der Waals surface area contributed by atoms with Crippen LogP contribution in [0.4, 0.5) is 5.69 Å². The molecule has 118 valence electrons. The predicted molar refractivity (Wildman–Crippen MR) is 86.7 cm³/mol. The maximum Gasteiger partial charge on any atom is 0.211 e. The number of hydrogen-bond acceptors (Lipinski definition) is 4. The number of rotatable bonds is 5. The second-order valence-corrected chi connectivity index (χ2v) is 7.84. The van der Waals surface area contributed by atoms with Gasteiger partial charge in [-0.3, -0.25) is 0 Å². The molecular formula is C15H25N3O2S. The van der Waals surface area contributed by atoms with E-state index in [1.807, 2.05) is 12.1 Å². The summed E-state index contributed by atoms with van der Waals surface area (Å²) in [5.74, 6) is 0.485. The van der Waals surface area contributed by atoms with Crippen molar-refractivity contribution in [3.05, 3.63) is 29.8 Å². The molecule has 21 heavy (non-hydrogen) atoms. The minimum absolute atomic E-state index is 0.485. The third-order valence-electron chi connectivity index (χ3n) is 4.18. The van der Waals surface area contributed by atoms with Crippen LogP contribution in [-0.4, -0.2) is 56.6 Å². The Bertz CT molecular complexity index is 549. The van der Waals surface area contributed by atoms with Crippen molar-refractivity contribution in [3.8, 4) is 0 Å². The molecule has 1 aliphatic heterocycles. The second kappa shape index (κ2) is 6.77. The Hall–Kier alpha value is -1.11. The average molecular weight is 311 g/mol. The fraction of sp³-hybridized carbons (Fsp3) is 0.600. The summed E-state index contributed by atoms with van der Waals surface area (Å²) in [5.41, 5.74) is 7.80. The molecule has 0 radical (unpaired) electrons. The van der Waals surface area contributed by atoms with Crippen LogP contribution in [0.5, 0.6) is 0 Å². The molecule has 2 rings (SSSR count). The number of nitrogens with zero attached hydrogens (tertiary/aromatic N) is 2. The van der Waals surface area contributed by atoms with Crippen molar-refractivity contribution in [3.63, 3.8) is 0 Å². The molecule has 1 aromatic rings. The SMILES string of the molecule is CC(CCN1CCN(S(C)(=O)=O)CC1)c1ccc(N)cc1. The van der Waals surface area contributed by atoms with Crippen LogP contribution in [0.15, 0.2) is 24.3 Å². The van der Waals surface area contributed by atoms with E-state index >= 15 is 0 Å². The standard InChI is InChI=1S/C15H25N3O2S/c1-13(14-3-5-15(16)6-4-14)7-8-17-9-11-18(12-10-17)21(2,19)20/h3-6,13H,7-12,16H2,1-2H3. The van der Waals surface area contributed by atoms with Crippen LogP contribution < -0.4 is 5.73 Å². The molecule has 1 unspecified atom stereocenters. The van der Waals surface area contributed by atoms with Crippen molar-refractivity contribution >= 4 is 15.7 Å².